The summed E-state index contributed by atoms with van der Waals surface area (Å²) in [6.07, 6.45) is 5.74. The number of thioether (sulfide) groups is 1. The largest absolute Gasteiger partial charge is 0.462 e. The summed E-state index contributed by atoms with van der Waals surface area (Å²) in [6, 6.07) is 7.60. The molecule has 1 fully saturated rings. The molecule has 1 saturated carbocycles. The first-order valence-corrected chi connectivity index (χ1v) is 9.99. The number of rotatable bonds is 5. The molecule has 0 bridgehead atoms. The zero-order valence-corrected chi connectivity index (χ0v) is 15.1. The Morgan fingerprint density at radius 1 is 1.26 bits per heavy atom. The van der Waals surface area contributed by atoms with Crippen LogP contribution in [0.2, 0.25) is 5.02 Å². The molecule has 0 N–H and O–H groups in total. The molecule has 1 aromatic carbocycles. The molecule has 2 aromatic rings. The molecule has 6 heteroatoms. The first kappa shape index (κ1) is 16.8. The quantitative estimate of drug-likeness (QED) is 0.521. The Kier molecular flexibility index (Phi) is 5.97. The van der Waals surface area contributed by atoms with Gasteiger partial charge in [0.15, 0.2) is 4.34 Å². The average Bonchev–Trinajstić information content (AvgIpc) is 3.04. The summed E-state index contributed by atoms with van der Waals surface area (Å²) in [5.74, 6) is 0.189. The lowest BCUT2D eigenvalue weighted by atomic mass is 9.98. The highest BCUT2D eigenvalue weighted by atomic mass is 35.5. The second kappa shape index (κ2) is 8.18. The second-order valence-corrected chi connectivity index (χ2v) is 8.06. The molecule has 0 amide bonds. The number of carbonyl (C=O) groups is 1. The van der Waals surface area contributed by atoms with Gasteiger partial charge in [0.25, 0.3) is 0 Å². The van der Waals surface area contributed by atoms with Gasteiger partial charge in [-0.05, 0) is 37.8 Å². The van der Waals surface area contributed by atoms with Gasteiger partial charge in [0.05, 0.1) is 11.4 Å². The molecule has 122 valence electrons. The van der Waals surface area contributed by atoms with Crippen molar-refractivity contribution in [3.8, 4) is 11.3 Å². The molecule has 1 aromatic heterocycles. The maximum absolute atomic E-state index is 11.9. The van der Waals surface area contributed by atoms with Crippen molar-refractivity contribution < 1.29 is 9.53 Å². The van der Waals surface area contributed by atoms with Crippen molar-refractivity contribution in [1.82, 2.24) is 4.98 Å². The minimum Gasteiger partial charge on any atom is -0.462 e. The fraction of sp³-hybridized carbons (Fsp3) is 0.412. The van der Waals surface area contributed by atoms with Crippen molar-refractivity contribution in [2.75, 3.05) is 5.75 Å². The molecular formula is C17H18ClNO2S2. The van der Waals surface area contributed by atoms with Crippen molar-refractivity contribution in [3.63, 3.8) is 0 Å². The van der Waals surface area contributed by atoms with Crippen molar-refractivity contribution in [2.45, 2.75) is 42.5 Å². The highest BCUT2D eigenvalue weighted by Gasteiger charge is 2.18. The molecular weight excluding hydrogens is 350 g/mol. The summed E-state index contributed by atoms with van der Waals surface area (Å²) in [7, 11) is 0. The first-order chi connectivity index (χ1) is 11.2. The van der Waals surface area contributed by atoms with Gasteiger partial charge in [-0.1, -0.05) is 41.9 Å². The smallest absolute Gasteiger partial charge is 0.316 e. The zero-order chi connectivity index (χ0) is 16.1. The van der Waals surface area contributed by atoms with E-state index in [0.717, 1.165) is 28.4 Å². The molecule has 3 nitrogen and oxygen atoms in total. The monoisotopic (exact) mass is 367 g/mol. The fourth-order valence-corrected chi connectivity index (χ4v) is 4.34. The van der Waals surface area contributed by atoms with Gasteiger partial charge in [-0.2, -0.15) is 0 Å². The van der Waals surface area contributed by atoms with E-state index in [0.29, 0.717) is 10.8 Å². The molecule has 1 aliphatic carbocycles. The predicted octanol–water partition coefficient (Wildman–Crippen LogP) is 5.43. The molecule has 0 spiro atoms. The van der Waals surface area contributed by atoms with Gasteiger partial charge in [-0.3, -0.25) is 4.79 Å². The summed E-state index contributed by atoms with van der Waals surface area (Å²) >= 11 is 8.89. The zero-order valence-electron chi connectivity index (χ0n) is 12.7. The third kappa shape index (κ3) is 4.96. The van der Waals surface area contributed by atoms with Gasteiger partial charge in [-0.15, -0.1) is 11.3 Å². The van der Waals surface area contributed by atoms with Crippen LogP contribution < -0.4 is 0 Å². The Bertz CT molecular complexity index is 651. The summed E-state index contributed by atoms with van der Waals surface area (Å²) in [4.78, 5) is 16.5. The number of hydrogen-bond acceptors (Lipinski definition) is 5. The van der Waals surface area contributed by atoms with Crippen LogP contribution in [0.4, 0.5) is 0 Å². The molecule has 0 saturated heterocycles. The van der Waals surface area contributed by atoms with E-state index in [4.69, 9.17) is 16.3 Å². The van der Waals surface area contributed by atoms with Crippen molar-refractivity contribution in [1.29, 1.82) is 0 Å². The highest BCUT2D eigenvalue weighted by Crippen LogP contribution is 2.29. The Hall–Kier alpha value is -1.04. The maximum Gasteiger partial charge on any atom is 0.316 e. The molecule has 0 radical (unpaired) electrons. The number of hydrogen-bond donors (Lipinski definition) is 0. The molecule has 0 aliphatic heterocycles. The molecule has 0 atom stereocenters. The Morgan fingerprint density at radius 2 is 2.00 bits per heavy atom. The van der Waals surface area contributed by atoms with E-state index in [9.17, 15) is 4.79 Å². The Morgan fingerprint density at radius 3 is 2.74 bits per heavy atom. The van der Waals surface area contributed by atoms with Crippen LogP contribution in [-0.4, -0.2) is 22.8 Å². The lowest BCUT2D eigenvalue weighted by molar-refractivity contribution is -0.147. The van der Waals surface area contributed by atoms with E-state index in [1.165, 1.54) is 31.0 Å². The van der Waals surface area contributed by atoms with Crippen LogP contribution in [0.5, 0.6) is 0 Å². The van der Waals surface area contributed by atoms with Crippen LogP contribution in [0.15, 0.2) is 34.0 Å². The lowest BCUT2D eigenvalue weighted by Crippen LogP contribution is -2.21. The lowest BCUT2D eigenvalue weighted by Gasteiger charge is -2.21. The van der Waals surface area contributed by atoms with Gasteiger partial charge in [0.1, 0.15) is 6.10 Å². The summed E-state index contributed by atoms with van der Waals surface area (Å²) in [5, 5.41) is 2.71. The molecule has 1 heterocycles. The van der Waals surface area contributed by atoms with E-state index >= 15 is 0 Å². The normalized spacial score (nSPS) is 15.5. The van der Waals surface area contributed by atoms with Crippen LogP contribution in [-0.2, 0) is 9.53 Å². The number of ether oxygens (including phenoxy) is 1. The van der Waals surface area contributed by atoms with Crippen LogP contribution >= 0.6 is 34.7 Å². The number of carbonyl (C=O) groups excluding carboxylic acids is 1. The van der Waals surface area contributed by atoms with Gasteiger partial charge < -0.3 is 4.74 Å². The third-order valence-electron chi connectivity index (χ3n) is 3.79. The molecule has 1 aliphatic rings. The van der Waals surface area contributed by atoms with E-state index in [1.54, 1.807) is 11.3 Å². The first-order valence-electron chi connectivity index (χ1n) is 7.74. The standard InChI is InChI=1S/C17H18ClNO2S2/c18-13-8-6-12(7-9-13)15-10-22-17(19-15)23-11-16(20)21-14-4-2-1-3-5-14/h6-10,14H,1-5,11H2. The molecule has 23 heavy (non-hydrogen) atoms. The van der Waals surface area contributed by atoms with Gasteiger partial charge in [0.2, 0.25) is 0 Å². The van der Waals surface area contributed by atoms with Crippen LogP contribution in [0.25, 0.3) is 11.3 Å². The summed E-state index contributed by atoms with van der Waals surface area (Å²) in [6.45, 7) is 0. The number of thiazole rings is 1. The van der Waals surface area contributed by atoms with E-state index < -0.39 is 0 Å². The van der Waals surface area contributed by atoms with E-state index in [2.05, 4.69) is 4.98 Å². The number of aromatic nitrogens is 1. The van der Waals surface area contributed by atoms with E-state index in [-0.39, 0.29) is 12.1 Å². The summed E-state index contributed by atoms with van der Waals surface area (Å²) < 4.78 is 6.40. The molecule has 0 unspecified atom stereocenters. The summed E-state index contributed by atoms with van der Waals surface area (Å²) in [5.41, 5.74) is 1.94. The van der Waals surface area contributed by atoms with Crippen molar-refractivity contribution >= 4 is 40.7 Å². The van der Waals surface area contributed by atoms with E-state index in [1.807, 2.05) is 29.6 Å². The van der Waals surface area contributed by atoms with Crippen molar-refractivity contribution in [3.05, 3.63) is 34.7 Å². The highest BCUT2D eigenvalue weighted by molar-refractivity contribution is 8.01. The fourth-order valence-electron chi connectivity index (χ4n) is 2.60. The third-order valence-corrected chi connectivity index (χ3v) is 6.03. The van der Waals surface area contributed by atoms with Gasteiger partial charge in [-0.25, -0.2) is 4.98 Å². The predicted molar refractivity (Wildman–Crippen MR) is 96.2 cm³/mol. The number of halogens is 1. The SMILES string of the molecule is O=C(CSc1nc(-c2ccc(Cl)cc2)cs1)OC1CCCCC1. The topological polar surface area (TPSA) is 39.2 Å². The minimum absolute atomic E-state index is 0.123. The van der Waals surface area contributed by atoms with Gasteiger partial charge >= 0.3 is 5.97 Å². The van der Waals surface area contributed by atoms with Crippen molar-refractivity contribution in [2.24, 2.45) is 0 Å². The van der Waals surface area contributed by atoms with Crippen LogP contribution in [0.3, 0.4) is 0 Å². The Labute approximate surface area is 149 Å². The van der Waals surface area contributed by atoms with Gasteiger partial charge in [0, 0.05) is 16.0 Å². The number of nitrogens with zero attached hydrogens (tertiary/aromatic N) is 1. The van der Waals surface area contributed by atoms with Crippen LogP contribution in [0, 0.1) is 0 Å². The number of benzene rings is 1. The Balaban J connectivity index is 1.50. The molecule has 3 rings (SSSR count). The second-order valence-electron chi connectivity index (χ2n) is 5.54. The minimum atomic E-state index is -0.134. The number of esters is 1. The maximum atomic E-state index is 11.9. The average molecular weight is 368 g/mol. The van der Waals surface area contributed by atoms with Crippen LogP contribution in [0.1, 0.15) is 32.1 Å².